The lowest BCUT2D eigenvalue weighted by Crippen LogP contribution is -2.14. The highest BCUT2D eigenvalue weighted by Crippen LogP contribution is 2.34. The standard InChI is InChI=1S/C13H15FO/c14-13-3-1-2-12(8-13)11-6-4-10(9-15)5-7-11/h1-3,8-11H,4-7H2. The first-order chi connectivity index (χ1) is 7.29. The van der Waals surface area contributed by atoms with E-state index in [9.17, 15) is 9.18 Å². The zero-order valence-electron chi connectivity index (χ0n) is 8.66. The van der Waals surface area contributed by atoms with Crippen molar-refractivity contribution in [3.05, 3.63) is 35.6 Å². The van der Waals surface area contributed by atoms with Crippen molar-refractivity contribution >= 4 is 6.29 Å². The molecule has 1 aliphatic carbocycles. The van der Waals surface area contributed by atoms with Gasteiger partial charge in [-0.25, -0.2) is 4.39 Å². The van der Waals surface area contributed by atoms with Gasteiger partial charge in [0.1, 0.15) is 12.1 Å². The fraction of sp³-hybridized carbons (Fsp3) is 0.462. The van der Waals surface area contributed by atoms with Gasteiger partial charge >= 0.3 is 0 Å². The lowest BCUT2D eigenvalue weighted by molar-refractivity contribution is -0.111. The Morgan fingerprint density at radius 2 is 1.93 bits per heavy atom. The van der Waals surface area contributed by atoms with Crippen LogP contribution in [0.15, 0.2) is 24.3 Å². The molecule has 0 amide bonds. The van der Waals surface area contributed by atoms with E-state index in [4.69, 9.17) is 0 Å². The van der Waals surface area contributed by atoms with Crippen LogP contribution in [0.25, 0.3) is 0 Å². The van der Waals surface area contributed by atoms with Crippen LogP contribution in [0.5, 0.6) is 0 Å². The average Bonchev–Trinajstić information content (AvgIpc) is 2.29. The Kier molecular flexibility index (Phi) is 3.14. The van der Waals surface area contributed by atoms with E-state index in [2.05, 4.69) is 0 Å². The molecule has 0 N–H and O–H groups in total. The van der Waals surface area contributed by atoms with Gasteiger partial charge in [-0.05, 0) is 49.3 Å². The van der Waals surface area contributed by atoms with Crippen LogP contribution in [-0.4, -0.2) is 6.29 Å². The number of carbonyl (C=O) groups is 1. The van der Waals surface area contributed by atoms with Gasteiger partial charge in [0.15, 0.2) is 0 Å². The first kappa shape index (κ1) is 10.3. The molecular formula is C13H15FO. The van der Waals surface area contributed by atoms with Crippen molar-refractivity contribution < 1.29 is 9.18 Å². The maximum atomic E-state index is 13.0. The molecule has 0 atom stereocenters. The molecule has 15 heavy (non-hydrogen) atoms. The van der Waals surface area contributed by atoms with Gasteiger partial charge in [-0.1, -0.05) is 12.1 Å². The largest absolute Gasteiger partial charge is 0.303 e. The number of halogens is 1. The molecule has 0 bridgehead atoms. The van der Waals surface area contributed by atoms with Crippen molar-refractivity contribution in [3.8, 4) is 0 Å². The molecular weight excluding hydrogens is 191 g/mol. The maximum absolute atomic E-state index is 13.0. The summed E-state index contributed by atoms with van der Waals surface area (Å²) in [5, 5.41) is 0. The first-order valence-corrected chi connectivity index (χ1v) is 5.50. The highest BCUT2D eigenvalue weighted by Gasteiger charge is 2.21. The Balaban J connectivity index is 2.04. The van der Waals surface area contributed by atoms with Crippen molar-refractivity contribution in [3.63, 3.8) is 0 Å². The first-order valence-electron chi connectivity index (χ1n) is 5.50. The number of rotatable bonds is 2. The molecule has 0 aliphatic heterocycles. The van der Waals surface area contributed by atoms with E-state index < -0.39 is 0 Å². The number of hydrogen-bond donors (Lipinski definition) is 0. The SMILES string of the molecule is O=CC1CCC(c2cccc(F)c2)CC1. The fourth-order valence-electron chi connectivity index (χ4n) is 2.35. The summed E-state index contributed by atoms with van der Waals surface area (Å²) < 4.78 is 13.0. The summed E-state index contributed by atoms with van der Waals surface area (Å²) >= 11 is 0. The van der Waals surface area contributed by atoms with E-state index in [1.54, 1.807) is 12.1 Å². The molecule has 0 spiro atoms. The Morgan fingerprint density at radius 3 is 2.53 bits per heavy atom. The van der Waals surface area contributed by atoms with Crippen molar-refractivity contribution in [2.24, 2.45) is 5.92 Å². The highest BCUT2D eigenvalue weighted by molar-refractivity contribution is 5.53. The summed E-state index contributed by atoms with van der Waals surface area (Å²) in [4.78, 5) is 10.6. The van der Waals surface area contributed by atoms with E-state index >= 15 is 0 Å². The lowest BCUT2D eigenvalue weighted by Gasteiger charge is -2.25. The van der Waals surface area contributed by atoms with E-state index in [1.807, 2.05) is 6.07 Å². The smallest absolute Gasteiger partial charge is 0.123 e. The zero-order chi connectivity index (χ0) is 10.7. The monoisotopic (exact) mass is 206 g/mol. The topological polar surface area (TPSA) is 17.1 Å². The van der Waals surface area contributed by atoms with E-state index in [0.717, 1.165) is 37.5 Å². The minimum atomic E-state index is -0.162. The van der Waals surface area contributed by atoms with Gasteiger partial charge in [0.05, 0.1) is 0 Å². The van der Waals surface area contributed by atoms with Crippen LogP contribution in [0, 0.1) is 11.7 Å². The third-order valence-corrected chi connectivity index (χ3v) is 3.28. The Morgan fingerprint density at radius 1 is 1.20 bits per heavy atom. The van der Waals surface area contributed by atoms with Crippen LogP contribution in [0.1, 0.15) is 37.2 Å². The van der Waals surface area contributed by atoms with E-state index in [-0.39, 0.29) is 11.7 Å². The molecule has 2 rings (SSSR count). The molecule has 1 aromatic carbocycles. The Bertz CT molecular complexity index is 340. The Hall–Kier alpha value is -1.18. The predicted molar refractivity (Wildman–Crippen MR) is 57.2 cm³/mol. The summed E-state index contributed by atoms with van der Waals surface area (Å²) in [7, 11) is 0. The van der Waals surface area contributed by atoms with Crippen LogP contribution < -0.4 is 0 Å². The average molecular weight is 206 g/mol. The summed E-state index contributed by atoms with van der Waals surface area (Å²) in [6, 6.07) is 6.83. The number of aldehydes is 1. The van der Waals surface area contributed by atoms with Crippen molar-refractivity contribution in [1.82, 2.24) is 0 Å². The van der Waals surface area contributed by atoms with Crippen LogP contribution in [0.2, 0.25) is 0 Å². The molecule has 1 nitrogen and oxygen atoms in total. The highest BCUT2D eigenvalue weighted by atomic mass is 19.1. The summed E-state index contributed by atoms with van der Waals surface area (Å²) in [5.74, 6) is 0.511. The second kappa shape index (κ2) is 4.56. The van der Waals surface area contributed by atoms with Crippen molar-refractivity contribution in [2.45, 2.75) is 31.6 Å². The van der Waals surface area contributed by atoms with Crippen LogP contribution in [0.3, 0.4) is 0 Å². The van der Waals surface area contributed by atoms with Crippen LogP contribution in [-0.2, 0) is 4.79 Å². The summed E-state index contributed by atoms with van der Waals surface area (Å²) in [6.07, 6.45) is 4.97. The maximum Gasteiger partial charge on any atom is 0.123 e. The van der Waals surface area contributed by atoms with Crippen LogP contribution >= 0.6 is 0 Å². The van der Waals surface area contributed by atoms with Gasteiger partial charge in [-0.3, -0.25) is 0 Å². The van der Waals surface area contributed by atoms with Gasteiger partial charge in [-0.2, -0.15) is 0 Å². The molecule has 1 fully saturated rings. The molecule has 0 heterocycles. The molecule has 0 saturated heterocycles. The molecule has 0 radical (unpaired) electrons. The number of hydrogen-bond acceptors (Lipinski definition) is 1. The fourth-order valence-corrected chi connectivity index (χ4v) is 2.35. The molecule has 2 heteroatoms. The number of benzene rings is 1. The molecule has 1 saturated carbocycles. The zero-order valence-corrected chi connectivity index (χ0v) is 8.66. The molecule has 1 aliphatic rings. The normalized spacial score (nSPS) is 26.2. The minimum Gasteiger partial charge on any atom is -0.303 e. The van der Waals surface area contributed by atoms with Crippen molar-refractivity contribution in [1.29, 1.82) is 0 Å². The predicted octanol–water partition coefficient (Wildman–Crippen LogP) is 3.30. The Labute approximate surface area is 89.3 Å². The third kappa shape index (κ3) is 2.44. The van der Waals surface area contributed by atoms with E-state index in [1.165, 1.54) is 6.07 Å². The van der Waals surface area contributed by atoms with Crippen LogP contribution in [0.4, 0.5) is 4.39 Å². The van der Waals surface area contributed by atoms with Gasteiger partial charge in [0.25, 0.3) is 0 Å². The molecule has 0 unspecified atom stereocenters. The summed E-state index contributed by atoms with van der Waals surface area (Å²) in [5.41, 5.74) is 1.08. The quantitative estimate of drug-likeness (QED) is 0.678. The summed E-state index contributed by atoms with van der Waals surface area (Å²) in [6.45, 7) is 0. The third-order valence-electron chi connectivity index (χ3n) is 3.28. The second-order valence-electron chi connectivity index (χ2n) is 4.30. The molecule has 1 aromatic rings. The number of carbonyl (C=O) groups excluding carboxylic acids is 1. The van der Waals surface area contributed by atoms with Gasteiger partial charge in [-0.15, -0.1) is 0 Å². The molecule has 0 aromatic heterocycles. The minimum absolute atomic E-state index is 0.162. The second-order valence-corrected chi connectivity index (χ2v) is 4.30. The van der Waals surface area contributed by atoms with Crippen molar-refractivity contribution in [2.75, 3.05) is 0 Å². The van der Waals surface area contributed by atoms with Gasteiger partial charge < -0.3 is 4.79 Å². The molecule has 80 valence electrons. The van der Waals surface area contributed by atoms with Gasteiger partial charge in [0, 0.05) is 5.92 Å². The lowest BCUT2D eigenvalue weighted by atomic mass is 9.79. The van der Waals surface area contributed by atoms with E-state index in [0.29, 0.717) is 5.92 Å². The van der Waals surface area contributed by atoms with Gasteiger partial charge in [0.2, 0.25) is 0 Å².